The lowest BCUT2D eigenvalue weighted by Gasteiger charge is -2.39. The molecule has 1 atom stereocenters. The smallest absolute Gasteiger partial charge is 0.118 e. The Bertz CT molecular complexity index is 348. The molecule has 94 valence electrons. The van der Waals surface area contributed by atoms with Gasteiger partial charge in [-0.25, -0.2) is 0 Å². The summed E-state index contributed by atoms with van der Waals surface area (Å²) in [7, 11) is 1.71. The molecule has 1 aliphatic heterocycles. The number of nitrogens with zero attached hydrogens (tertiary/aromatic N) is 1. The van der Waals surface area contributed by atoms with Gasteiger partial charge in [0.1, 0.15) is 5.75 Å². The van der Waals surface area contributed by atoms with Crippen molar-refractivity contribution in [2.45, 2.75) is 25.9 Å². The van der Waals surface area contributed by atoms with Gasteiger partial charge in [-0.2, -0.15) is 0 Å². The number of methoxy groups -OCH3 is 1. The first-order valence-electron chi connectivity index (χ1n) is 6.33. The fourth-order valence-electron chi connectivity index (χ4n) is 2.47. The number of benzene rings is 1. The molecule has 0 bridgehead atoms. The van der Waals surface area contributed by atoms with E-state index in [1.165, 1.54) is 5.56 Å². The van der Waals surface area contributed by atoms with Crippen LogP contribution in [0.2, 0.25) is 0 Å². The van der Waals surface area contributed by atoms with E-state index in [1.54, 1.807) is 7.11 Å². The Kier molecular flexibility index (Phi) is 4.02. The van der Waals surface area contributed by atoms with Gasteiger partial charge in [-0.1, -0.05) is 12.1 Å². The molecule has 0 aromatic heterocycles. The van der Waals surface area contributed by atoms with Crippen LogP contribution in [0.1, 0.15) is 25.5 Å². The molecule has 17 heavy (non-hydrogen) atoms. The van der Waals surface area contributed by atoms with E-state index in [4.69, 9.17) is 4.74 Å². The minimum Gasteiger partial charge on any atom is -0.497 e. The van der Waals surface area contributed by atoms with Crippen molar-refractivity contribution >= 4 is 0 Å². The fourth-order valence-corrected chi connectivity index (χ4v) is 2.47. The van der Waals surface area contributed by atoms with E-state index in [0.717, 1.165) is 25.4 Å². The molecule has 1 N–H and O–H groups in total. The van der Waals surface area contributed by atoms with Crippen LogP contribution in [0.3, 0.4) is 0 Å². The minimum absolute atomic E-state index is 0.481. The molecule has 3 heteroatoms. The maximum absolute atomic E-state index is 5.20. The highest BCUT2D eigenvalue weighted by molar-refractivity contribution is 5.29. The number of nitrogens with one attached hydrogen (secondary N) is 1. The topological polar surface area (TPSA) is 24.5 Å². The standard InChI is InChI=1S/C14H22N2O/c1-11(2)16-9-8-15-10-14(16)12-4-6-13(17-3)7-5-12/h4-7,11,14-15H,8-10H2,1-3H3/t14-/m0/s1. The Morgan fingerprint density at radius 3 is 2.59 bits per heavy atom. The molecule has 1 aliphatic rings. The highest BCUT2D eigenvalue weighted by Crippen LogP contribution is 2.25. The monoisotopic (exact) mass is 234 g/mol. The Hall–Kier alpha value is -1.06. The first-order chi connectivity index (χ1) is 8.22. The van der Waals surface area contributed by atoms with Crippen LogP contribution in [-0.2, 0) is 0 Å². The molecule has 1 saturated heterocycles. The SMILES string of the molecule is COc1ccc([C@@H]2CNCCN2C(C)C)cc1. The lowest BCUT2D eigenvalue weighted by molar-refractivity contribution is 0.124. The Morgan fingerprint density at radius 1 is 1.29 bits per heavy atom. The molecular formula is C14H22N2O. The number of hydrogen-bond acceptors (Lipinski definition) is 3. The average Bonchev–Trinajstić information content (AvgIpc) is 2.39. The Balaban J connectivity index is 2.17. The zero-order chi connectivity index (χ0) is 12.3. The van der Waals surface area contributed by atoms with Crippen LogP contribution in [-0.4, -0.2) is 37.7 Å². The van der Waals surface area contributed by atoms with E-state index in [9.17, 15) is 0 Å². The zero-order valence-electron chi connectivity index (χ0n) is 10.9. The van der Waals surface area contributed by atoms with Crippen LogP contribution in [0.4, 0.5) is 0 Å². The molecule has 1 aromatic carbocycles. The van der Waals surface area contributed by atoms with Crippen molar-refractivity contribution in [2.75, 3.05) is 26.7 Å². The molecule has 0 unspecified atom stereocenters. The van der Waals surface area contributed by atoms with E-state index in [1.807, 2.05) is 12.1 Å². The van der Waals surface area contributed by atoms with Crippen molar-refractivity contribution in [1.82, 2.24) is 10.2 Å². The second-order valence-corrected chi connectivity index (χ2v) is 4.82. The normalized spacial score (nSPS) is 21.8. The summed E-state index contributed by atoms with van der Waals surface area (Å²) in [5.74, 6) is 0.925. The largest absolute Gasteiger partial charge is 0.497 e. The van der Waals surface area contributed by atoms with Gasteiger partial charge in [-0.3, -0.25) is 4.90 Å². The molecule has 0 radical (unpaired) electrons. The van der Waals surface area contributed by atoms with Crippen LogP contribution in [0.15, 0.2) is 24.3 Å². The van der Waals surface area contributed by atoms with Crippen molar-refractivity contribution < 1.29 is 4.74 Å². The van der Waals surface area contributed by atoms with Gasteiger partial charge < -0.3 is 10.1 Å². The molecule has 1 aromatic rings. The quantitative estimate of drug-likeness (QED) is 0.866. The maximum atomic E-state index is 5.20. The van der Waals surface area contributed by atoms with Crippen molar-refractivity contribution in [3.05, 3.63) is 29.8 Å². The van der Waals surface area contributed by atoms with Crippen molar-refractivity contribution in [3.8, 4) is 5.75 Å². The summed E-state index contributed by atoms with van der Waals surface area (Å²) >= 11 is 0. The molecule has 1 fully saturated rings. The summed E-state index contributed by atoms with van der Waals surface area (Å²) in [5.41, 5.74) is 1.37. The summed E-state index contributed by atoms with van der Waals surface area (Å²) in [6.07, 6.45) is 0. The maximum Gasteiger partial charge on any atom is 0.118 e. The molecule has 0 saturated carbocycles. The molecular weight excluding hydrogens is 212 g/mol. The van der Waals surface area contributed by atoms with Gasteiger partial charge >= 0.3 is 0 Å². The predicted octanol–water partition coefficient (Wildman–Crippen LogP) is 2.05. The third-order valence-electron chi connectivity index (χ3n) is 3.45. The van der Waals surface area contributed by atoms with Crippen molar-refractivity contribution in [3.63, 3.8) is 0 Å². The second kappa shape index (κ2) is 5.52. The van der Waals surface area contributed by atoms with Crippen LogP contribution >= 0.6 is 0 Å². The minimum atomic E-state index is 0.481. The van der Waals surface area contributed by atoms with Gasteiger partial charge in [0.2, 0.25) is 0 Å². The first-order valence-corrected chi connectivity index (χ1v) is 6.33. The van der Waals surface area contributed by atoms with Crippen LogP contribution < -0.4 is 10.1 Å². The van der Waals surface area contributed by atoms with E-state index in [-0.39, 0.29) is 0 Å². The second-order valence-electron chi connectivity index (χ2n) is 4.82. The van der Waals surface area contributed by atoms with E-state index >= 15 is 0 Å². The predicted molar refractivity (Wildman–Crippen MR) is 70.4 cm³/mol. The Morgan fingerprint density at radius 2 is 2.00 bits per heavy atom. The molecule has 1 heterocycles. The third-order valence-corrected chi connectivity index (χ3v) is 3.45. The van der Waals surface area contributed by atoms with Crippen LogP contribution in [0.5, 0.6) is 5.75 Å². The number of ether oxygens (including phenoxy) is 1. The highest BCUT2D eigenvalue weighted by atomic mass is 16.5. The lowest BCUT2D eigenvalue weighted by Crippen LogP contribution is -2.48. The van der Waals surface area contributed by atoms with E-state index < -0.39 is 0 Å². The number of rotatable bonds is 3. The summed E-state index contributed by atoms with van der Waals surface area (Å²) < 4.78 is 5.20. The average molecular weight is 234 g/mol. The summed E-state index contributed by atoms with van der Waals surface area (Å²) in [6, 6.07) is 9.50. The Labute approximate surface area is 104 Å². The summed E-state index contributed by atoms with van der Waals surface area (Å²) in [6.45, 7) is 7.77. The molecule has 3 nitrogen and oxygen atoms in total. The third kappa shape index (κ3) is 2.79. The van der Waals surface area contributed by atoms with Gasteiger partial charge in [0, 0.05) is 31.7 Å². The molecule has 0 aliphatic carbocycles. The van der Waals surface area contributed by atoms with Gasteiger partial charge in [-0.05, 0) is 31.5 Å². The fraction of sp³-hybridized carbons (Fsp3) is 0.571. The van der Waals surface area contributed by atoms with Crippen LogP contribution in [0.25, 0.3) is 0 Å². The van der Waals surface area contributed by atoms with Crippen molar-refractivity contribution in [1.29, 1.82) is 0 Å². The molecule has 0 amide bonds. The van der Waals surface area contributed by atoms with Gasteiger partial charge in [0.25, 0.3) is 0 Å². The summed E-state index contributed by atoms with van der Waals surface area (Å²) in [4.78, 5) is 2.55. The lowest BCUT2D eigenvalue weighted by atomic mass is 10.0. The number of hydrogen-bond donors (Lipinski definition) is 1. The number of piperazine rings is 1. The zero-order valence-corrected chi connectivity index (χ0v) is 10.9. The van der Waals surface area contributed by atoms with Crippen molar-refractivity contribution in [2.24, 2.45) is 0 Å². The van der Waals surface area contributed by atoms with E-state index in [0.29, 0.717) is 12.1 Å². The van der Waals surface area contributed by atoms with Gasteiger partial charge in [-0.15, -0.1) is 0 Å². The highest BCUT2D eigenvalue weighted by Gasteiger charge is 2.25. The van der Waals surface area contributed by atoms with Gasteiger partial charge in [0.05, 0.1) is 7.11 Å². The molecule has 2 rings (SSSR count). The van der Waals surface area contributed by atoms with E-state index in [2.05, 4.69) is 36.2 Å². The molecule has 0 spiro atoms. The summed E-state index contributed by atoms with van der Waals surface area (Å²) in [5, 5.41) is 3.47. The van der Waals surface area contributed by atoms with Crippen LogP contribution in [0, 0.1) is 0 Å². The van der Waals surface area contributed by atoms with Gasteiger partial charge in [0.15, 0.2) is 0 Å². The first kappa shape index (κ1) is 12.4.